The predicted octanol–water partition coefficient (Wildman–Crippen LogP) is 1.24. The summed E-state index contributed by atoms with van der Waals surface area (Å²) in [4.78, 5) is 5.22. The minimum Gasteiger partial charge on any atom is -0.394 e. The van der Waals surface area contributed by atoms with E-state index in [1.807, 2.05) is 4.68 Å². The topological polar surface area (TPSA) is 44.5 Å². The highest BCUT2D eigenvalue weighted by atomic mass is 16.3. The second-order valence-corrected chi connectivity index (χ2v) is 6.66. The number of hydrogen-bond acceptors (Lipinski definition) is 4. The Morgan fingerprint density at radius 3 is 2.86 bits per heavy atom. The molecule has 1 atom stereocenters. The van der Waals surface area contributed by atoms with Crippen LogP contribution >= 0.6 is 0 Å². The number of piperidine rings is 1. The molecule has 0 aliphatic carbocycles. The average molecular weight is 292 g/mol. The molecule has 0 unspecified atom stereocenters. The summed E-state index contributed by atoms with van der Waals surface area (Å²) in [6.07, 6.45) is 6.22. The van der Waals surface area contributed by atoms with Crippen LogP contribution in [0.25, 0.3) is 0 Å². The van der Waals surface area contributed by atoms with E-state index in [0.717, 1.165) is 24.3 Å². The molecule has 1 aromatic heterocycles. The molecule has 5 nitrogen and oxygen atoms in total. The largest absolute Gasteiger partial charge is 0.394 e. The van der Waals surface area contributed by atoms with Gasteiger partial charge in [-0.25, -0.2) is 0 Å². The quantitative estimate of drug-likeness (QED) is 0.887. The van der Waals surface area contributed by atoms with Crippen molar-refractivity contribution < 1.29 is 5.11 Å². The van der Waals surface area contributed by atoms with E-state index in [2.05, 4.69) is 34.9 Å². The Hall–Kier alpha value is -0.910. The fourth-order valence-corrected chi connectivity index (χ4v) is 3.72. The van der Waals surface area contributed by atoms with E-state index in [-0.39, 0.29) is 6.61 Å². The van der Waals surface area contributed by atoms with Gasteiger partial charge in [-0.1, -0.05) is 6.42 Å². The Morgan fingerprint density at radius 2 is 2.14 bits per heavy atom. The van der Waals surface area contributed by atoms with Gasteiger partial charge in [0.1, 0.15) is 0 Å². The van der Waals surface area contributed by atoms with Gasteiger partial charge in [0.15, 0.2) is 0 Å². The molecule has 5 heteroatoms. The Kier molecular flexibility index (Phi) is 4.62. The molecular formula is C16H28N4O. The second-order valence-electron chi connectivity index (χ2n) is 6.66. The maximum Gasteiger partial charge on any atom is 0.0641 e. The lowest BCUT2D eigenvalue weighted by Crippen LogP contribution is -2.61. The van der Waals surface area contributed by atoms with Crippen LogP contribution in [0.15, 0.2) is 6.20 Å². The van der Waals surface area contributed by atoms with Crippen molar-refractivity contribution >= 4 is 0 Å². The van der Waals surface area contributed by atoms with E-state index in [4.69, 9.17) is 5.11 Å². The van der Waals surface area contributed by atoms with Crippen molar-refractivity contribution in [3.8, 4) is 0 Å². The highest BCUT2D eigenvalue weighted by molar-refractivity contribution is 5.16. The van der Waals surface area contributed by atoms with Crippen molar-refractivity contribution in [3.05, 3.63) is 17.5 Å². The molecule has 0 amide bonds. The van der Waals surface area contributed by atoms with Crippen LogP contribution in [0.4, 0.5) is 0 Å². The van der Waals surface area contributed by atoms with Gasteiger partial charge in [-0.15, -0.1) is 0 Å². The molecule has 3 heterocycles. The van der Waals surface area contributed by atoms with E-state index in [9.17, 15) is 0 Å². The molecule has 0 bridgehead atoms. The van der Waals surface area contributed by atoms with Crippen molar-refractivity contribution in [1.29, 1.82) is 0 Å². The molecule has 2 fully saturated rings. The summed E-state index contributed by atoms with van der Waals surface area (Å²) in [6, 6.07) is 1.52. The molecule has 0 aromatic carbocycles. The monoisotopic (exact) mass is 292 g/mol. The van der Waals surface area contributed by atoms with Crippen molar-refractivity contribution in [1.82, 2.24) is 19.6 Å². The number of aliphatic hydroxyl groups is 1. The number of aliphatic hydroxyl groups excluding tert-OH is 1. The molecule has 1 aromatic rings. The van der Waals surface area contributed by atoms with Crippen LogP contribution in [0, 0.1) is 6.92 Å². The highest BCUT2D eigenvalue weighted by Gasteiger charge is 2.35. The molecule has 21 heavy (non-hydrogen) atoms. The third-order valence-corrected chi connectivity index (χ3v) is 5.03. The Morgan fingerprint density at radius 1 is 1.33 bits per heavy atom. The van der Waals surface area contributed by atoms with E-state index in [1.54, 1.807) is 0 Å². The fourth-order valence-electron chi connectivity index (χ4n) is 3.72. The van der Waals surface area contributed by atoms with Crippen LogP contribution in [-0.2, 0) is 13.1 Å². The highest BCUT2D eigenvalue weighted by Crippen LogP contribution is 2.25. The van der Waals surface area contributed by atoms with E-state index in [1.165, 1.54) is 44.5 Å². The van der Waals surface area contributed by atoms with Crippen molar-refractivity contribution in [2.24, 2.45) is 0 Å². The van der Waals surface area contributed by atoms with Crippen molar-refractivity contribution in [2.45, 2.75) is 58.3 Å². The first-order valence-corrected chi connectivity index (χ1v) is 8.29. The standard InChI is InChI=1S/C16H28N4O/c1-13-5-3-4-6-20(13)16-11-18(12-16)9-15-10-19(7-8-21)17-14(15)2/h10,13,16,21H,3-9,11-12H2,1-2H3/t13-/m0/s1. The molecule has 0 radical (unpaired) electrons. The van der Waals surface area contributed by atoms with Gasteiger partial charge < -0.3 is 5.11 Å². The first kappa shape index (κ1) is 15.0. The van der Waals surface area contributed by atoms with Crippen molar-refractivity contribution in [2.75, 3.05) is 26.2 Å². The van der Waals surface area contributed by atoms with Crippen molar-refractivity contribution in [3.63, 3.8) is 0 Å². The van der Waals surface area contributed by atoms with E-state index in [0.29, 0.717) is 6.54 Å². The van der Waals surface area contributed by atoms with Gasteiger partial charge in [0.05, 0.1) is 18.8 Å². The van der Waals surface area contributed by atoms with Gasteiger partial charge in [-0.3, -0.25) is 14.5 Å². The molecule has 2 saturated heterocycles. The Bertz CT molecular complexity index is 467. The van der Waals surface area contributed by atoms with Gasteiger partial charge in [0.2, 0.25) is 0 Å². The van der Waals surface area contributed by atoms with Gasteiger partial charge in [0.25, 0.3) is 0 Å². The summed E-state index contributed by atoms with van der Waals surface area (Å²) < 4.78 is 1.86. The van der Waals surface area contributed by atoms with Crippen LogP contribution in [-0.4, -0.2) is 63.0 Å². The summed E-state index contributed by atoms with van der Waals surface area (Å²) >= 11 is 0. The third kappa shape index (κ3) is 3.30. The molecule has 1 N–H and O–H groups in total. The number of hydrogen-bond donors (Lipinski definition) is 1. The zero-order valence-corrected chi connectivity index (χ0v) is 13.3. The number of likely N-dealkylation sites (tertiary alicyclic amines) is 2. The number of rotatable bonds is 5. The van der Waals surface area contributed by atoms with Gasteiger partial charge in [-0.2, -0.15) is 5.10 Å². The van der Waals surface area contributed by atoms with Crippen LogP contribution < -0.4 is 0 Å². The molecule has 3 rings (SSSR count). The normalized spacial score (nSPS) is 25.2. The molecular weight excluding hydrogens is 264 g/mol. The first-order chi connectivity index (χ1) is 10.2. The van der Waals surface area contributed by atoms with Gasteiger partial charge in [-0.05, 0) is 33.2 Å². The summed E-state index contributed by atoms with van der Waals surface area (Å²) in [5, 5.41) is 13.4. The number of aromatic nitrogens is 2. The smallest absolute Gasteiger partial charge is 0.0641 e. The maximum absolute atomic E-state index is 8.99. The zero-order valence-electron chi connectivity index (χ0n) is 13.3. The maximum atomic E-state index is 8.99. The molecule has 2 aliphatic heterocycles. The van der Waals surface area contributed by atoms with E-state index < -0.39 is 0 Å². The number of nitrogens with zero attached hydrogens (tertiary/aromatic N) is 4. The number of aryl methyl sites for hydroxylation is 1. The molecule has 0 spiro atoms. The minimum absolute atomic E-state index is 0.152. The average Bonchev–Trinajstić information content (AvgIpc) is 2.75. The Labute approximate surface area is 127 Å². The van der Waals surface area contributed by atoms with Gasteiger partial charge in [0, 0.05) is 43.5 Å². The lowest BCUT2D eigenvalue weighted by atomic mass is 9.97. The van der Waals surface area contributed by atoms with Crippen LogP contribution in [0.3, 0.4) is 0 Å². The summed E-state index contributed by atoms with van der Waals surface area (Å²) in [6.45, 7) is 9.85. The third-order valence-electron chi connectivity index (χ3n) is 5.03. The van der Waals surface area contributed by atoms with Crippen LogP contribution in [0.2, 0.25) is 0 Å². The molecule has 2 aliphatic rings. The fraction of sp³-hybridized carbons (Fsp3) is 0.812. The lowest BCUT2D eigenvalue weighted by Gasteiger charge is -2.49. The minimum atomic E-state index is 0.152. The second kappa shape index (κ2) is 6.46. The Balaban J connectivity index is 1.50. The van der Waals surface area contributed by atoms with Crippen LogP contribution in [0.5, 0.6) is 0 Å². The zero-order chi connectivity index (χ0) is 14.8. The SMILES string of the molecule is Cc1nn(CCO)cc1CN1CC(N2CCCC[C@@H]2C)C1. The first-order valence-electron chi connectivity index (χ1n) is 8.29. The molecule has 118 valence electrons. The summed E-state index contributed by atoms with van der Waals surface area (Å²) in [7, 11) is 0. The molecule has 0 saturated carbocycles. The van der Waals surface area contributed by atoms with E-state index >= 15 is 0 Å². The van der Waals surface area contributed by atoms with Crippen LogP contribution in [0.1, 0.15) is 37.4 Å². The summed E-state index contributed by atoms with van der Waals surface area (Å²) in [5.74, 6) is 0. The summed E-state index contributed by atoms with van der Waals surface area (Å²) in [5.41, 5.74) is 2.40. The lowest BCUT2D eigenvalue weighted by molar-refractivity contribution is -0.00629. The van der Waals surface area contributed by atoms with Gasteiger partial charge >= 0.3 is 0 Å². The predicted molar refractivity (Wildman–Crippen MR) is 83.1 cm³/mol.